The minimum atomic E-state index is -0.768. The van der Waals surface area contributed by atoms with Gasteiger partial charge in [0.15, 0.2) is 0 Å². The first-order valence-corrected chi connectivity index (χ1v) is 7.55. The van der Waals surface area contributed by atoms with Gasteiger partial charge in [0.1, 0.15) is 0 Å². The molecule has 114 valence electrons. The minimum absolute atomic E-state index is 0.159. The number of hydrogen-bond donors (Lipinski definition) is 1. The van der Waals surface area contributed by atoms with Crippen LogP contribution in [0.1, 0.15) is 12.0 Å². The van der Waals surface area contributed by atoms with Crippen molar-refractivity contribution in [2.75, 3.05) is 0 Å². The van der Waals surface area contributed by atoms with E-state index in [9.17, 15) is 4.79 Å². The van der Waals surface area contributed by atoms with Crippen molar-refractivity contribution in [1.29, 1.82) is 0 Å². The van der Waals surface area contributed by atoms with Crippen LogP contribution in [0.2, 0.25) is 0 Å². The molecular formula is C20H17NO2. The first-order chi connectivity index (χ1) is 11.2. The normalized spacial score (nSPS) is 10.4. The summed E-state index contributed by atoms with van der Waals surface area (Å²) in [6.45, 7) is 0. The average molecular weight is 303 g/mol. The number of aromatic nitrogens is 1. The molecule has 1 N–H and O–H groups in total. The molecule has 0 saturated heterocycles. The standard InChI is InChI=1S/C20H17NO2/c22-20(23)11-8-15-6-9-16(10-7-15)18-12-13-21-19(14-18)17-4-2-1-3-5-17/h1-7,9-10,12-14H,8,11H2,(H,22,23). The lowest BCUT2D eigenvalue weighted by molar-refractivity contribution is -0.136. The van der Waals surface area contributed by atoms with Gasteiger partial charge >= 0.3 is 5.97 Å². The van der Waals surface area contributed by atoms with Crippen molar-refractivity contribution >= 4 is 5.97 Å². The quantitative estimate of drug-likeness (QED) is 0.758. The van der Waals surface area contributed by atoms with E-state index in [0.29, 0.717) is 6.42 Å². The van der Waals surface area contributed by atoms with E-state index in [1.165, 1.54) is 0 Å². The Morgan fingerprint density at radius 2 is 1.61 bits per heavy atom. The van der Waals surface area contributed by atoms with Crippen molar-refractivity contribution in [3.8, 4) is 22.4 Å². The zero-order valence-electron chi connectivity index (χ0n) is 12.6. The molecule has 2 aromatic carbocycles. The van der Waals surface area contributed by atoms with E-state index in [0.717, 1.165) is 27.9 Å². The second-order valence-corrected chi connectivity index (χ2v) is 5.39. The predicted molar refractivity (Wildman–Crippen MR) is 91.1 cm³/mol. The smallest absolute Gasteiger partial charge is 0.303 e. The molecule has 0 spiro atoms. The topological polar surface area (TPSA) is 50.2 Å². The minimum Gasteiger partial charge on any atom is -0.481 e. The molecule has 0 radical (unpaired) electrons. The summed E-state index contributed by atoms with van der Waals surface area (Å²) in [5.41, 5.74) is 5.27. The highest BCUT2D eigenvalue weighted by Crippen LogP contribution is 2.24. The molecule has 0 aliphatic carbocycles. The van der Waals surface area contributed by atoms with Crippen molar-refractivity contribution in [2.45, 2.75) is 12.8 Å². The number of nitrogens with zero attached hydrogens (tertiary/aromatic N) is 1. The van der Waals surface area contributed by atoms with Gasteiger partial charge in [0.25, 0.3) is 0 Å². The fourth-order valence-electron chi connectivity index (χ4n) is 2.49. The molecule has 3 aromatic rings. The molecule has 3 nitrogen and oxygen atoms in total. The summed E-state index contributed by atoms with van der Waals surface area (Å²) in [7, 11) is 0. The summed E-state index contributed by atoms with van der Waals surface area (Å²) >= 11 is 0. The largest absolute Gasteiger partial charge is 0.481 e. The van der Waals surface area contributed by atoms with Crippen molar-refractivity contribution < 1.29 is 9.90 Å². The van der Waals surface area contributed by atoms with Gasteiger partial charge in [-0.1, -0.05) is 54.6 Å². The fraction of sp³-hybridized carbons (Fsp3) is 0.100. The molecule has 0 saturated carbocycles. The van der Waals surface area contributed by atoms with E-state index in [-0.39, 0.29) is 6.42 Å². The van der Waals surface area contributed by atoms with Gasteiger partial charge in [0.2, 0.25) is 0 Å². The number of aryl methyl sites for hydroxylation is 1. The van der Waals surface area contributed by atoms with Crippen molar-refractivity contribution in [2.24, 2.45) is 0 Å². The Balaban J connectivity index is 1.83. The molecule has 0 aliphatic rings. The predicted octanol–water partition coefficient (Wildman–Crippen LogP) is 4.43. The number of hydrogen-bond acceptors (Lipinski definition) is 2. The zero-order chi connectivity index (χ0) is 16.1. The van der Waals surface area contributed by atoms with Gasteiger partial charge in [-0.25, -0.2) is 0 Å². The number of benzene rings is 2. The van der Waals surface area contributed by atoms with Gasteiger partial charge in [0, 0.05) is 18.2 Å². The van der Waals surface area contributed by atoms with Crippen LogP contribution in [0.25, 0.3) is 22.4 Å². The van der Waals surface area contributed by atoms with Crippen molar-refractivity contribution in [3.05, 3.63) is 78.5 Å². The number of pyridine rings is 1. The van der Waals surface area contributed by atoms with Crippen LogP contribution in [0, 0.1) is 0 Å². The lowest BCUT2D eigenvalue weighted by Gasteiger charge is -2.06. The molecule has 23 heavy (non-hydrogen) atoms. The highest BCUT2D eigenvalue weighted by atomic mass is 16.4. The number of rotatable bonds is 5. The van der Waals surface area contributed by atoms with Gasteiger partial charge < -0.3 is 5.11 Å². The molecule has 0 amide bonds. The van der Waals surface area contributed by atoms with E-state index >= 15 is 0 Å². The molecule has 0 fully saturated rings. The maximum Gasteiger partial charge on any atom is 0.303 e. The molecule has 3 rings (SSSR count). The van der Waals surface area contributed by atoms with E-state index in [2.05, 4.69) is 11.1 Å². The highest BCUT2D eigenvalue weighted by Gasteiger charge is 2.04. The number of carbonyl (C=O) groups is 1. The molecule has 0 aliphatic heterocycles. The fourth-order valence-corrected chi connectivity index (χ4v) is 2.49. The summed E-state index contributed by atoms with van der Waals surface area (Å²) in [5.74, 6) is -0.768. The Kier molecular flexibility index (Phi) is 4.48. The van der Waals surface area contributed by atoms with Gasteiger partial charge in [0.05, 0.1) is 5.69 Å². The first kappa shape index (κ1) is 15.0. The molecule has 1 heterocycles. The first-order valence-electron chi connectivity index (χ1n) is 7.55. The second-order valence-electron chi connectivity index (χ2n) is 5.39. The lowest BCUT2D eigenvalue weighted by atomic mass is 10.0. The number of carboxylic acid groups (broad SMARTS) is 1. The summed E-state index contributed by atoms with van der Waals surface area (Å²) in [5, 5.41) is 8.74. The van der Waals surface area contributed by atoms with Crippen LogP contribution < -0.4 is 0 Å². The Hall–Kier alpha value is -2.94. The Labute approximate surface area is 135 Å². The molecule has 0 bridgehead atoms. The Bertz CT molecular complexity index is 795. The third-order valence-electron chi connectivity index (χ3n) is 3.74. The third kappa shape index (κ3) is 3.83. The summed E-state index contributed by atoms with van der Waals surface area (Å²) in [6, 6.07) is 22.2. The zero-order valence-corrected chi connectivity index (χ0v) is 12.6. The van der Waals surface area contributed by atoms with E-state index in [1.807, 2.05) is 66.9 Å². The molecule has 1 aromatic heterocycles. The van der Waals surface area contributed by atoms with Crippen LogP contribution >= 0.6 is 0 Å². The number of carboxylic acids is 1. The summed E-state index contributed by atoms with van der Waals surface area (Å²) < 4.78 is 0. The number of aliphatic carboxylic acids is 1. The molecule has 3 heteroatoms. The Morgan fingerprint density at radius 3 is 2.30 bits per heavy atom. The van der Waals surface area contributed by atoms with Crippen molar-refractivity contribution in [3.63, 3.8) is 0 Å². The van der Waals surface area contributed by atoms with Crippen LogP contribution in [0.3, 0.4) is 0 Å². The molecule has 0 atom stereocenters. The van der Waals surface area contributed by atoms with Gasteiger partial charge in [-0.05, 0) is 35.2 Å². The van der Waals surface area contributed by atoms with E-state index < -0.39 is 5.97 Å². The SMILES string of the molecule is O=C(O)CCc1ccc(-c2ccnc(-c3ccccc3)c2)cc1. The summed E-state index contributed by atoms with van der Waals surface area (Å²) in [4.78, 5) is 15.1. The van der Waals surface area contributed by atoms with E-state index in [1.54, 1.807) is 0 Å². The lowest BCUT2D eigenvalue weighted by Crippen LogP contribution is -1.97. The van der Waals surface area contributed by atoms with Gasteiger partial charge in [-0.15, -0.1) is 0 Å². The maximum absolute atomic E-state index is 10.6. The molecule has 0 unspecified atom stereocenters. The maximum atomic E-state index is 10.6. The van der Waals surface area contributed by atoms with E-state index in [4.69, 9.17) is 5.11 Å². The van der Waals surface area contributed by atoms with Crippen LogP contribution in [0.4, 0.5) is 0 Å². The summed E-state index contributed by atoms with van der Waals surface area (Å²) in [6.07, 6.45) is 2.53. The second kappa shape index (κ2) is 6.88. The Morgan fingerprint density at radius 1 is 0.870 bits per heavy atom. The van der Waals surface area contributed by atoms with Crippen LogP contribution in [0.15, 0.2) is 72.9 Å². The average Bonchev–Trinajstić information content (AvgIpc) is 2.61. The van der Waals surface area contributed by atoms with Gasteiger partial charge in [-0.3, -0.25) is 9.78 Å². The third-order valence-corrected chi connectivity index (χ3v) is 3.74. The molecular weight excluding hydrogens is 286 g/mol. The van der Waals surface area contributed by atoms with Gasteiger partial charge in [-0.2, -0.15) is 0 Å². The van der Waals surface area contributed by atoms with Crippen LogP contribution in [0.5, 0.6) is 0 Å². The van der Waals surface area contributed by atoms with Crippen molar-refractivity contribution in [1.82, 2.24) is 4.98 Å². The van der Waals surface area contributed by atoms with Crippen LogP contribution in [-0.2, 0) is 11.2 Å². The van der Waals surface area contributed by atoms with Crippen LogP contribution in [-0.4, -0.2) is 16.1 Å². The highest BCUT2D eigenvalue weighted by molar-refractivity contribution is 5.70. The monoisotopic (exact) mass is 303 g/mol.